The molecule has 0 amide bonds. The molecule has 0 saturated carbocycles. The summed E-state index contributed by atoms with van der Waals surface area (Å²) in [5.41, 5.74) is 0. The van der Waals surface area contributed by atoms with Gasteiger partial charge in [0.05, 0.1) is 52.1 Å². The van der Waals surface area contributed by atoms with Gasteiger partial charge < -0.3 is 49.2 Å². The van der Waals surface area contributed by atoms with Crippen LogP contribution < -0.4 is 0 Å². The predicted molar refractivity (Wildman–Crippen MR) is 128 cm³/mol. The van der Waals surface area contributed by atoms with Gasteiger partial charge in [-0.15, -0.1) is 0 Å². The molecule has 0 saturated heterocycles. The Kier molecular flexibility index (Phi) is 22.5. The molecule has 0 aromatic heterocycles. The molecule has 0 aliphatic rings. The first-order chi connectivity index (χ1) is 17.9. The fourth-order valence-electron chi connectivity index (χ4n) is 3.11. The van der Waals surface area contributed by atoms with Gasteiger partial charge in [0.15, 0.2) is 0 Å². The van der Waals surface area contributed by atoms with Gasteiger partial charge in [-0.3, -0.25) is 19.2 Å². The molecule has 0 aromatic rings. The van der Waals surface area contributed by atoms with E-state index in [4.69, 9.17) is 39.4 Å². The van der Waals surface area contributed by atoms with Gasteiger partial charge in [0.25, 0.3) is 0 Å². The van der Waals surface area contributed by atoms with Crippen LogP contribution >= 0.6 is 0 Å². The smallest absolute Gasteiger partial charge is 0.307 e. The molecule has 0 aliphatic carbocycles. The number of hydrogen-bond donors (Lipinski definition) is 4. The lowest BCUT2D eigenvalue weighted by Gasteiger charge is -2.25. The second-order valence-corrected chi connectivity index (χ2v) is 7.81. The number of carbonyl (C=O) groups is 4. The molecule has 0 radical (unpaired) electrons. The van der Waals surface area contributed by atoms with Crippen LogP contribution in [0.15, 0.2) is 0 Å². The Bertz CT molecular complexity index is 535. The van der Waals surface area contributed by atoms with Crippen LogP contribution in [-0.2, 0) is 38.1 Å². The number of aliphatic hydroxyl groups excluding tert-OH is 4. The Hall–Kier alpha value is -2.36. The lowest BCUT2D eigenvalue weighted by molar-refractivity contribution is -0.146. The topological polar surface area (TPSA) is 193 Å². The fourth-order valence-corrected chi connectivity index (χ4v) is 3.11. The summed E-state index contributed by atoms with van der Waals surface area (Å²) in [5.74, 6) is -1.92. The molecule has 0 atom stereocenters. The van der Waals surface area contributed by atoms with Gasteiger partial charge in [0.2, 0.25) is 0 Å². The van der Waals surface area contributed by atoms with Crippen molar-refractivity contribution in [3.63, 3.8) is 0 Å². The third kappa shape index (κ3) is 21.4. The average Bonchev–Trinajstić information content (AvgIpc) is 2.90. The second-order valence-electron chi connectivity index (χ2n) is 7.81. The molecule has 37 heavy (non-hydrogen) atoms. The minimum atomic E-state index is -0.480. The standard InChI is InChI=1S/C23H42N2O12/c26-12-16-34-20(30)2-8-24(9-3-21(31)35-17-13-27)6-1-7-25(10-4-22(32)36-18-14-28)11-5-23(33)37-19-15-29/h26-29H,1-19H2. The molecule has 14 heteroatoms. The molecule has 4 N–H and O–H groups in total. The highest BCUT2D eigenvalue weighted by Gasteiger charge is 2.15. The lowest BCUT2D eigenvalue weighted by Crippen LogP contribution is -2.35. The van der Waals surface area contributed by atoms with Crippen molar-refractivity contribution in [3.05, 3.63) is 0 Å². The number of rotatable bonds is 24. The zero-order valence-corrected chi connectivity index (χ0v) is 21.4. The third-order valence-electron chi connectivity index (χ3n) is 4.89. The minimum absolute atomic E-state index is 0.0583. The van der Waals surface area contributed by atoms with E-state index in [1.54, 1.807) is 0 Å². The fraction of sp³-hybridized carbons (Fsp3) is 0.826. The second kappa shape index (κ2) is 24.0. The van der Waals surface area contributed by atoms with Crippen LogP contribution in [0.2, 0.25) is 0 Å². The molecule has 0 spiro atoms. The van der Waals surface area contributed by atoms with E-state index in [9.17, 15) is 19.2 Å². The highest BCUT2D eigenvalue weighted by molar-refractivity contribution is 5.71. The number of aliphatic hydroxyl groups is 4. The van der Waals surface area contributed by atoms with Crippen molar-refractivity contribution >= 4 is 23.9 Å². The van der Waals surface area contributed by atoms with E-state index in [0.717, 1.165) is 0 Å². The number of ether oxygens (including phenoxy) is 4. The average molecular weight is 539 g/mol. The quantitative estimate of drug-likeness (QED) is 0.0756. The maximum absolute atomic E-state index is 11.8. The van der Waals surface area contributed by atoms with E-state index >= 15 is 0 Å². The highest BCUT2D eigenvalue weighted by atomic mass is 16.6. The van der Waals surface area contributed by atoms with Gasteiger partial charge in [-0.25, -0.2) is 0 Å². The van der Waals surface area contributed by atoms with E-state index in [1.807, 2.05) is 9.80 Å². The summed E-state index contributed by atoms with van der Waals surface area (Å²) >= 11 is 0. The van der Waals surface area contributed by atoms with Crippen molar-refractivity contribution in [1.82, 2.24) is 9.80 Å². The maximum atomic E-state index is 11.8. The summed E-state index contributed by atoms with van der Waals surface area (Å²) in [6.07, 6.45) is 0.811. The van der Waals surface area contributed by atoms with Gasteiger partial charge in [-0.05, 0) is 19.5 Å². The monoisotopic (exact) mass is 538 g/mol. The van der Waals surface area contributed by atoms with Crippen molar-refractivity contribution in [2.24, 2.45) is 0 Å². The Morgan fingerprint density at radius 1 is 0.432 bits per heavy atom. The molecule has 0 rings (SSSR count). The van der Waals surface area contributed by atoms with E-state index < -0.39 is 23.9 Å². The molecular formula is C23H42N2O12. The first-order valence-electron chi connectivity index (χ1n) is 12.4. The maximum Gasteiger partial charge on any atom is 0.307 e. The normalized spacial score (nSPS) is 11.0. The Balaban J connectivity index is 4.88. The van der Waals surface area contributed by atoms with E-state index in [-0.39, 0.29) is 78.5 Å². The number of esters is 4. The number of nitrogens with zero attached hydrogens (tertiary/aromatic N) is 2. The summed E-state index contributed by atoms with van der Waals surface area (Å²) in [6.45, 7) is 0.714. The predicted octanol–water partition coefficient (Wildman–Crippen LogP) is -2.32. The number of carbonyl (C=O) groups excluding carboxylic acids is 4. The first-order valence-corrected chi connectivity index (χ1v) is 12.4. The number of hydrogen-bond acceptors (Lipinski definition) is 14. The van der Waals surface area contributed by atoms with Crippen LogP contribution in [0.5, 0.6) is 0 Å². The summed E-state index contributed by atoms with van der Waals surface area (Å²) < 4.78 is 19.5. The molecule has 0 bridgehead atoms. The van der Waals surface area contributed by atoms with E-state index in [0.29, 0.717) is 45.7 Å². The Labute approximate surface area is 217 Å². The van der Waals surface area contributed by atoms with Crippen LogP contribution in [-0.4, -0.2) is 146 Å². The first kappa shape index (κ1) is 34.6. The SMILES string of the molecule is O=C(CCN(CCCN(CCC(=O)OCCO)CCC(=O)OCCO)CCC(=O)OCCO)OCCO. The molecular weight excluding hydrogens is 496 g/mol. The van der Waals surface area contributed by atoms with Crippen LogP contribution in [0.3, 0.4) is 0 Å². The van der Waals surface area contributed by atoms with Crippen molar-refractivity contribution in [1.29, 1.82) is 0 Å². The molecule has 14 nitrogen and oxygen atoms in total. The summed E-state index contributed by atoms with van der Waals surface area (Å²) in [6, 6.07) is 0. The zero-order valence-electron chi connectivity index (χ0n) is 21.4. The largest absolute Gasteiger partial charge is 0.463 e. The summed E-state index contributed by atoms with van der Waals surface area (Å²) in [4.78, 5) is 51.0. The van der Waals surface area contributed by atoms with Crippen molar-refractivity contribution in [2.75, 3.05) is 92.1 Å². The molecule has 216 valence electrons. The van der Waals surface area contributed by atoms with Crippen LogP contribution in [0.25, 0.3) is 0 Å². The summed E-state index contributed by atoms with van der Waals surface area (Å²) in [5, 5.41) is 35.1. The molecule has 0 unspecified atom stereocenters. The van der Waals surface area contributed by atoms with E-state index in [1.165, 1.54) is 0 Å². The van der Waals surface area contributed by atoms with Gasteiger partial charge in [0, 0.05) is 26.2 Å². The van der Waals surface area contributed by atoms with Crippen molar-refractivity contribution in [2.45, 2.75) is 32.1 Å². The minimum Gasteiger partial charge on any atom is -0.463 e. The van der Waals surface area contributed by atoms with Crippen molar-refractivity contribution in [3.8, 4) is 0 Å². The molecule has 0 heterocycles. The Morgan fingerprint density at radius 3 is 0.892 bits per heavy atom. The molecule has 0 aliphatic heterocycles. The van der Waals surface area contributed by atoms with Crippen molar-refractivity contribution < 1.29 is 58.6 Å². The lowest BCUT2D eigenvalue weighted by atomic mass is 10.2. The Morgan fingerprint density at radius 2 is 0.676 bits per heavy atom. The van der Waals surface area contributed by atoms with Gasteiger partial charge >= 0.3 is 23.9 Å². The highest BCUT2D eigenvalue weighted by Crippen LogP contribution is 2.04. The summed E-state index contributed by atoms with van der Waals surface area (Å²) in [7, 11) is 0. The van der Waals surface area contributed by atoms with Gasteiger partial charge in [0.1, 0.15) is 26.4 Å². The van der Waals surface area contributed by atoms with Crippen LogP contribution in [0.4, 0.5) is 0 Å². The zero-order chi connectivity index (χ0) is 27.7. The van der Waals surface area contributed by atoms with Crippen LogP contribution in [0.1, 0.15) is 32.1 Å². The van der Waals surface area contributed by atoms with Gasteiger partial charge in [-0.2, -0.15) is 0 Å². The van der Waals surface area contributed by atoms with Gasteiger partial charge in [-0.1, -0.05) is 0 Å². The molecule has 0 fully saturated rings. The molecule has 0 aromatic carbocycles. The third-order valence-corrected chi connectivity index (χ3v) is 4.89. The van der Waals surface area contributed by atoms with Crippen LogP contribution in [0, 0.1) is 0 Å². The van der Waals surface area contributed by atoms with E-state index in [2.05, 4.69) is 0 Å².